The van der Waals surface area contributed by atoms with Gasteiger partial charge in [-0.05, 0) is 43.5 Å². The molecule has 0 aromatic heterocycles. The smallest absolute Gasteiger partial charge is 0.338 e. The van der Waals surface area contributed by atoms with E-state index in [-0.39, 0.29) is 5.91 Å². The molecule has 6 nitrogen and oxygen atoms in total. The molecule has 1 aliphatic carbocycles. The van der Waals surface area contributed by atoms with Gasteiger partial charge in [0.15, 0.2) is 0 Å². The molecule has 1 amide bonds. The summed E-state index contributed by atoms with van der Waals surface area (Å²) in [7, 11) is 0. The number of hydrogen-bond acceptors (Lipinski definition) is 4. The van der Waals surface area contributed by atoms with Crippen LogP contribution in [0.15, 0.2) is 36.4 Å². The van der Waals surface area contributed by atoms with E-state index in [9.17, 15) is 19.5 Å². The number of unbranched alkanes of at least 4 members (excludes halogenated alkanes) is 1. The van der Waals surface area contributed by atoms with Gasteiger partial charge < -0.3 is 15.2 Å². The highest BCUT2D eigenvalue weighted by Crippen LogP contribution is 2.27. The lowest BCUT2D eigenvalue weighted by Gasteiger charge is -2.24. The highest BCUT2D eigenvalue weighted by atomic mass is 16.5. The van der Waals surface area contributed by atoms with Crippen LogP contribution in [0.1, 0.15) is 43.0 Å². The molecule has 0 aliphatic heterocycles. The lowest BCUT2D eigenvalue weighted by atomic mass is 9.82. The number of ether oxygens (including phenoxy) is 1. The normalized spacial score (nSPS) is 19.2. The Morgan fingerprint density at radius 1 is 1.12 bits per heavy atom. The molecule has 0 saturated heterocycles. The number of esters is 1. The van der Waals surface area contributed by atoms with Gasteiger partial charge in [0.1, 0.15) is 0 Å². The number of carboxylic acids is 1. The van der Waals surface area contributed by atoms with E-state index in [2.05, 4.69) is 5.32 Å². The fraction of sp³-hybridized carbons (Fsp3) is 0.421. The summed E-state index contributed by atoms with van der Waals surface area (Å²) in [6, 6.07) is 6.39. The topological polar surface area (TPSA) is 92.7 Å². The first kappa shape index (κ1) is 18.7. The van der Waals surface area contributed by atoms with Gasteiger partial charge in [0, 0.05) is 5.69 Å². The molecule has 1 aromatic rings. The summed E-state index contributed by atoms with van der Waals surface area (Å²) in [6.45, 7) is 2.40. The van der Waals surface area contributed by atoms with E-state index in [0.717, 1.165) is 12.8 Å². The highest BCUT2D eigenvalue weighted by molar-refractivity contribution is 5.96. The highest BCUT2D eigenvalue weighted by Gasteiger charge is 2.33. The second-order valence-corrected chi connectivity index (χ2v) is 6.05. The first-order valence-electron chi connectivity index (χ1n) is 8.48. The fourth-order valence-corrected chi connectivity index (χ4v) is 2.69. The molecule has 25 heavy (non-hydrogen) atoms. The molecule has 134 valence electrons. The maximum Gasteiger partial charge on any atom is 0.338 e. The fourth-order valence-electron chi connectivity index (χ4n) is 2.69. The molecular formula is C19H23NO5. The van der Waals surface area contributed by atoms with Crippen LogP contribution in [0.5, 0.6) is 0 Å². The molecule has 0 spiro atoms. The quantitative estimate of drug-likeness (QED) is 0.449. The van der Waals surface area contributed by atoms with Crippen molar-refractivity contribution in [3.63, 3.8) is 0 Å². The minimum absolute atomic E-state index is 0.324. The second kappa shape index (κ2) is 9.01. The zero-order chi connectivity index (χ0) is 18.2. The molecule has 1 aliphatic rings. The van der Waals surface area contributed by atoms with Crippen molar-refractivity contribution in [3.05, 3.63) is 42.0 Å². The van der Waals surface area contributed by atoms with E-state index in [1.165, 1.54) is 0 Å². The minimum atomic E-state index is -0.963. The number of benzene rings is 1. The average Bonchev–Trinajstić information content (AvgIpc) is 2.62. The summed E-state index contributed by atoms with van der Waals surface area (Å²) >= 11 is 0. The third-order valence-corrected chi connectivity index (χ3v) is 4.21. The number of nitrogens with one attached hydrogen (secondary N) is 1. The Labute approximate surface area is 146 Å². The van der Waals surface area contributed by atoms with Crippen molar-refractivity contribution in [1.82, 2.24) is 0 Å². The van der Waals surface area contributed by atoms with Gasteiger partial charge in [0.2, 0.25) is 5.91 Å². The molecule has 0 heterocycles. The summed E-state index contributed by atoms with van der Waals surface area (Å²) in [5.74, 6) is -2.99. The molecular weight excluding hydrogens is 322 g/mol. The molecule has 2 atom stereocenters. The molecule has 0 radical (unpaired) electrons. The van der Waals surface area contributed by atoms with Crippen molar-refractivity contribution in [1.29, 1.82) is 0 Å². The number of rotatable bonds is 7. The van der Waals surface area contributed by atoms with Gasteiger partial charge in [0.25, 0.3) is 0 Å². The second-order valence-electron chi connectivity index (χ2n) is 6.05. The number of carbonyl (C=O) groups excluding carboxylic acids is 2. The van der Waals surface area contributed by atoms with E-state index < -0.39 is 23.8 Å². The van der Waals surface area contributed by atoms with Crippen molar-refractivity contribution < 1.29 is 24.2 Å². The van der Waals surface area contributed by atoms with Crippen LogP contribution in [-0.2, 0) is 14.3 Å². The van der Waals surface area contributed by atoms with Gasteiger partial charge in [-0.2, -0.15) is 0 Å². The number of carbonyl (C=O) groups is 3. The van der Waals surface area contributed by atoms with Gasteiger partial charge in [-0.25, -0.2) is 4.79 Å². The summed E-state index contributed by atoms with van der Waals surface area (Å²) in [5, 5.41) is 12.0. The Morgan fingerprint density at radius 3 is 2.36 bits per heavy atom. The first-order valence-corrected chi connectivity index (χ1v) is 8.48. The summed E-state index contributed by atoms with van der Waals surface area (Å²) in [5.41, 5.74) is 0.937. The molecule has 0 bridgehead atoms. The van der Waals surface area contributed by atoms with E-state index in [0.29, 0.717) is 30.7 Å². The Hall–Kier alpha value is -2.63. The predicted molar refractivity (Wildman–Crippen MR) is 93.3 cm³/mol. The van der Waals surface area contributed by atoms with E-state index in [1.807, 2.05) is 13.0 Å². The van der Waals surface area contributed by atoms with Crippen LogP contribution in [0, 0.1) is 11.8 Å². The predicted octanol–water partition coefficient (Wildman–Crippen LogP) is 3.25. The summed E-state index contributed by atoms with van der Waals surface area (Å²) in [6.07, 6.45) is 6.16. The third kappa shape index (κ3) is 5.17. The Morgan fingerprint density at radius 2 is 1.76 bits per heavy atom. The molecule has 6 heteroatoms. The standard InChI is InChI=1S/C19H23NO5/c1-2-3-12-25-19(24)13-8-10-14(11-9-13)20-17(21)15-6-4-5-7-16(15)18(22)23/h4-5,8-11,15-16H,2-3,6-7,12H2,1H3,(H,20,21)(H,22,23)/t15-,16+/m1/s1. The van der Waals surface area contributed by atoms with Crippen molar-refractivity contribution in [2.45, 2.75) is 32.6 Å². The van der Waals surface area contributed by atoms with Crippen LogP contribution in [0.4, 0.5) is 5.69 Å². The molecule has 0 fully saturated rings. The lowest BCUT2D eigenvalue weighted by Crippen LogP contribution is -2.34. The zero-order valence-electron chi connectivity index (χ0n) is 14.2. The molecule has 1 aromatic carbocycles. The number of carboxylic acid groups (broad SMARTS) is 1. The van der Waals surface area contributed by atoms with Crippen LogP contribution in [0.3, 0.4) is 0 Å². The molecule has 2 rings (SSSR count). The van der Waals surface area contributed by atoms with E-state index in [4.69, 9.17) is 4.74 Å². The van der Waals surface area contributed by atoms with Crippen molar-refractivity contribution >= 4 is 23.5 Å². The van der Waals surface area contributed by atoms with Gasteiger partial charge in [-0.3, -0.25) is 9.59 Å². The average molecular weight is 345 g/mol. The monoisotopic (exact) mass is 345 g/mol. The summed E-state index contributed by atoms with van der Waals surface area (Å²) in [4.78, 5) is 35.5. The number of anilines is 1. The van der Waals surface area contributed by atoms with Crippen LogP contribution in [0.25, 0.3) is 0 Å². The van der Waals surface area contributed by atoms with Gasteiger partial charge >= 0.3 is 11.9 Å². The van der Waals surface area contributed by atoms with Gasteiger partial charge in [-0.1, -0.05) is 25.5 Å². The zero-order valence-corrected chi connectivity index (χ0v) is 14.2. The SMILES string of the molecule is CCCCOC(=O)c1ccc(NC(=O)[C@@H]2CC=CC[C@@H]2C(=O)O)cc1. The van der Waals surface area contributed by atoms with E-state index >= 15 is 0 Å². The maximum atomic E-state index is 12.4. The first-order chi connectivity index (χ1) is 12.0. The largest absolute Gasteiger partial charge is 0.481 e. The van der Waals surface area contributed by atoms with Crippen molar-refractivity contribution in [2.75, 3.05) is 11.9 Å². The van der Waals surface area contributed by atoms with Crippen LogP contribution >= 0.6 is 0 Å². The van der Waals surface area contributed by atoms with Gasteiger partial charge in [0.05, 0.1) is 24.0 Å². The number of allylic oxidation sites excluding steroid dienone is 2. The number of hydrogen-bond donors (Lipinski definition) is 2. The minimum Gasteiger partial charge on any atom is -0.481 e. The Balaban J connectivity index is 1.96. The maximum absolute atomic E-state index is 12.4. The Kier molecular flexibility index (Phi) is 6.74. The number of amides is 1. The van der Waals surface area contributed by atoms with Crippen molar-refractivity contribution in [2.24, 2.45) is 11.8 Å². The molecule has 0 saturated carbocycles. The number of aliphatic carboxylic acids is 1. The Bertz CT molecular complexity index is 650. The van der Waals surface area contributed by atoms with Crippen LogP contribution in [0.2, 0.25) is 0 Å². The third-order valence-electron chi connectivity index (χ3n) is 4.21. The molecule has 2 N–H and O–H groups in total. The van der Waals surface area contributed by atoms with Crippen LogP contribution in [-0.4, -0.2) is 29.6 Å². The molecule has 0 unspecified atom stereocenters. The summed E-state index contributed by atoms with van der Waals surface area (Å²) < 4.78 is 5.13. The lowest BCUT2D eigenvalue weighted by molar-refractivity contribution is -0.146. The van der Waals surface area contributed by atoms with E-state index in [1.54, 1.807) is 30.3 Å². The van der Waals surface area contributed by atoms with Gasteiger partial charge in [-0.15, -0.1) is 0 Å². The van der Waals surface area contributed by atoms with Crippen molar-refractivity contribution in [3.8, 4) is 0 Å². The van der Waals surface area contributed by atoms with Crippen LogP contribution < -0.4 is 5.32 Å².